The molecule has 4 aromatic rings. The van der Waals surface area contributed by atoms with Crippen LogP contribution in [0.25, 0.3) is 22.3 Å². The van der Waals surface area contributed by atoms with E-state index in [0.29, 0.717) is 13.1 Å². The van der Waals surface area contributed by atoms with E-state index in [-0.39, 0.29) is 16.9 Å². The predicted octanol–water partition coefficient (Wildman–Crippen LogP) is 3.66. The van der Waals surface area contributed by atoms with Gasteiger partial charge < -0.3 is 4.57 Å². The third kappa shape index (κ3) is 3.64. The minimum absolute atomic E-state index is 0.118. The van der Waals surface area contributed by atoms with Gasteiger partial charge in [-0.25, -0.2) is 17.8 Å². The maximum Gasteiger partial charge on any atom is 0.243 e. The second-order valence-electron chi connectivity index (χ2n) is 8.04. The maximum absolute atomic E-state index is 13.2. The number of aromatic amines is 1. The van der Waals surface area contributed by atoms with Gasteiger partial charge in [0.25, 0.3) is 0 Å². The largest absolute Gasteiger partial charge is 0.346 e. The summed E-state index contributed by atoms with van der Waals surface area (Å²) in [7, 11) is -3.65. The highest BCUT2D eigenvalue weighted by atomic mass is 32.2. The fourth-order valence-corrected chi connectivity index (χ4v) is 6.10. The number of pyridine rings is 1. The van der Waals surface area contributed by atoms with Gasteiger partial charge in [0.2, 0.25) is 10.0 Å². The summed E-state index contributed by atoms with van der Waals surface area (Å²) < 4.78 is 43.0. The molecule has 1 aliphatic rings. The number of benzene rings is 1. The van der Waals surface area contributed by atoms with Gasteiger partial charge in [0.05, 0.1) is 27.8 Å². The van der Waals surface area contributed by atoms with Crippen molar-refractivity contribution in [1.29, 1.82) is 0 Å². The van der Waals surface area contributed by atoms with Gasteiger partial charge in [0.1, 0.15) is 5.82 Å². The second kappa shape index (κ2) is 7.58. The summed E-state index contributed by atoms with van der Waals surface area (Å²) in [5.74, 6) is -0.273. The van der Waals surface area contributed by atoms with E-state index in [1.807, 2.05) is 31.3 Å². The Morgan fingerprint density at radius 1 is 1.16 bits per heavy atom. The first-order valence-corrected chi connectivity index (χ1v) is 11.6. The van der Waals surface area contributed by atoms with Crippen molar-refractivity contribution in [2.75, 3.05) is 6.54 Å². The standard InChI is InChI=1S/C22H22FN5O2S/c1-15-10-16(14-28(15)31(29,30)19-4-2-18(23)3-5-19)13-27-9-8-21-22(27)7-6-20(26-21)17-11-24-25-12-17/h2-9,11-12,15-16H,10,13-14H2,1H3,(H,24,25)/t15-,16-/m1/s1. The molecule has 31 heavy (non-hydrogen) atoms. The maximum atomic E-state index is 13.2. The highest BCUT2D eigenvalue weighted by Crippen LogP contribution is 2.31. The third-order valence-electron chi connectivity index (χ3n) is 5.90. The molecule has 0 amide bonds. The smallest absolute Gasteiger partial charge is 0.243 e. The van der Waals surface area contributed by atoms with Crippen LogP contribution in [0.2, 0.25) is 0 Å². The number of nitrogens with zero attached hydrogens (tertiary/aromatic N) is 4. The summed E-state index contributed by atoms with van der Waals surface area (Å²) in [5.41, 5.74) is 3.69. The minimum atomic E-state index is -3.65. The Labute approximate surface area is 179 Å². The molecule has 1 aliphatic heterocycles. The number of aromatic nitrogens is 4. The van der Waals surface area contributed by atoms with Crippen LogP contribution in [0, 0.1) is 11.7 Å². The molecule has 0 spiro atoms. The Bertz CT molecular complexity index is 1320. The fraction of sp³-hybridized carbons (Fsp3) is 0.273. The van der Waals surface area contributed by atoms with Crippen molar-refractivity contribution in [2.45, 2.75) is 30.8 Å². The molecule has 1 fully saturated rings. The summed E-state index contributed by atoms with van der Waals surface area (Å²) in [4.78, 5) is 4.84. The molecule has 7 nitrogen and oxygen atoms in total. The molecule has 0 radical (unpaired) electrons. The lowest BCUT2D eigenvalue weighted by molar-refractivity contribution is 0.399. The molecule has 0 unspecified atom stereocenters. The van der Waals surface area contributed by atoms with E-state index in [0.717, 1.165) is 28.7 Å². The molecular weight excluding hydrogens is 417 g/mol. The number of rotatable bonds is 5. The number of halogens is 1. The molecule has 0 bridgehead atoms. The van der Waals surface area contributed by atoms with Crippen molar-refractivity contribution >= 4 is 21.1 Å². The second-order valence-corrected chi connectivity index (χ2v) is 9.93. The zero-order valence-electron chi connectivity index (χ0n) is 16.9. The van der Waals surface area contributed by atoms with E-state index in [4.69, 9.17) is 4.98 Å². The van der Waals surface area contributed by atoms with Crippen molar-refractivity contribution in [1.82, 2.24) is 24.1 Å². The van der Waals surface area contributed by atoms with Gasteiger partial charge in [-0.1, -0.05) is 0 Å². The van der Waals surface area contributed by atoms with Crippen LogP contribution in [-0.2, 0) is 16.6 Å². The van der Waals surface area contributed by atoms with Crippen LogP contribution in [0.1, 0.15) is 13.3 Å². The van der Waals surface area contributed by atoms with E-state index < -0.39 is 15.8 Å². The Morgan fingerprint density at radius 3 is 2.71 bits per heavy atom. The first-order valence-electron chi connectivity index (χ1n) is 10.1. The molecule has 1 aromatic carbocycles. The van der Waals surface area contributed by atoms with Crippen LogP contribution in [-0.4, -0.2) is 45.1 Å². The lowest BCUT2D eigenvalue weighted by Crippen LogP contribution is -2.34. The summed E-state index contributed by atoms with van der Waals surface area (Å²) in [6, 6.07) is 10.9. The number of nitrogens with one attached hydrogen (secondary N) is 1. The summed E-state index contributed by atoms with van der Waals surface area (Å²) in [6.45, 7) is 3.06. The molecule has 2 atom stereocenters. The molecule has 5 rings (SSSR count). The average Bonchev–Trinajstić information content (AvgIpc) is 3.49. The van der Waals surface area contributed by atoms with Gasteiger partial charge in [-0.2, -0.15) is 9.40 Å². The Morgan fingerprint density at radius 2 is 1.97 bits per heavy atom. The minimum Gasteiger partial charge on any atom is -0.346 e. The SMILES string of the molecule is C[C@@H]1C[C@H](Cn2ccc3nc(-c4cn[nH]c4)ccc32)CN1S(=O)(=O)c1ccc(F)cc1. The van der Waals surface area contributed by atoms with Crippen molar-refractivity contribution in [3.8, 4) is 11.3 Å². The molecule has 1 saturated heterocycles. The van der Waals surface area contributed by atoms with Crippen molar-refractivity contribution in [3.63, 3.8) is 0 Å². The van der Waals surface area contributed by atoms with Gasteiger partial charge in [0.15, 0.2) is 0 Å². The third-order valence-corrected chi connectivity index (χ3v) is 7.89. The first kappa shape index (κ1) is 19.9. The summed E-state index contributed by atoms with van der Waals surface area (Å²) in [5, 5.41) is 6.77. The molecule has 9 heteroatoms. The van der Waals surface area contributed by atoms with E-state index in [1.54, 1.807) is 12.4 Å². The van der Waals surface area contributed by atoms with E-state index in [1.165, 1.54) is 28.6 Å². The van der Waals surface area contributed by atoms with Gasteiger partial charge in [0, 0.05) is 37.1 Å². The number of H-pyrrole nitrogens is 1. The van der Waals surface area contributed by atoms with Crippen LogP contribution in [0.3, 0.4) is 0 Å². The molecule has 0 saturated carbocycles. The average molecular weight is 440 g/mol. The van der Waals surface area contributed by atoms with Crippen molar-refractivity contribution < 1.29 is 12.8 Å². The van der Waals surface area contributed by atoms with E-state index in [9.17, 15) is 12.8 Å². The van der Waals surface area contributed by atoms with Crippen LogP contribution < -0.4 is 0 Å². The van der Waals surface area contributed by atoms with Crippen molar-refractivity contribution in [2.24, 2.45) is 5.92 Å². The number of fused-ring (bicyclic) bond motifs is 1. The summed E-state index contributed by atoms with van der Waals surface area (Å²) >= 11 is 0. The topological polar surface area (TPSA) is 83.9 Å². The fourth-order valence-electron chi connectivity index (χ4n) is 4.38. The molecule has 0 aliphatic carbocycles. The Kier molecular flexibility index (Phi) is 4.86. The monoisotopic (exact) mass is 439 g/mol. The van der Waals surface area contributed by atoms with Crippen LogP contribution in [0.15, 0.2) is 66.0 Å². The van der Waals surface area contributed by atoms with Gasteiger partial charge >= 0.3 is 0 Å². The predicted molar refractivity (Wildman–Crippen MR) is 115 cm³/mol. The first-order chi connectivity index (χ1) is 14.9. The zero-order chi connectivity index (χ0) is 21.6. The Hall–Kier alpha value is -3.04. The van der Waals surface area contributed by atoms with Crippen LogP contribution in [0.5, 0.6) is 0 Å². The highest BCUT2D eigenvalue weighted by molar-refractivity contribution is 7.89. The van der Waals surface area contributed by atoms with Crippen molar-refractivity contribution in [3.05, 3.63) is 66.9 Å². The van der Waals surface area contributed by atoms with Crippen LogP contribution >= 0.6 is 0 Å². The Balaban J connectivity index is 1.35. The molecule has 4 heterocycles. The lowest BCUT2D eigenvalue weighted by Gasteiger charge is -2.21. The van der Waals surface area contributed by atoms with E-state index in [2.05, 4.69) is 14.8 Å². The zero-order valence-corrected chi connectivity index (χ0v) is 17.8. The summed E-state index contributed by atoms with van der Waals surface area (Å²) in [6.07, 6.45) is 6.31. The molecular formula is C22H22FN5O2S. The number of hydrogen-bond donors (Lipinski definition) is 1. The molecule has 1 N–H and O–H groups in total. The molecule has 3 aromatic heterocycles. The highest BCUT2D eigenvalue weighted by Gasteiger charge is 2.38. The molecule has 160 valence electrons. The van der Waals surface area contributed by atoms with E-state index >= 15 is 0 Å². The van der Waals surface area contributed by atoms with Gasteiger partial charge in [-0.15, -0.1) is 0 Å². The lowest BCUT2D eigenvalue weighted by atomic mass is 10.1. The number of hydrogen-bond acceptors (Lipinski definition) is 4. The van der Waals surface area contributed by atoms with Gasteiger partial charge in [-0.05, 0) is 61.7 Å². The number of sulfonamides is 1. The normalized spacial score (nSPS) is 19.9. The van der Waals surface area contributed by atoms with Crippen LogP contribution in [0.4, 0.5) is 4.39 Å². The quantitative estimate of drug-likeness (QED) is 0.514. The van der Waals surface area contributed by atoms with Gasteiger partial charge in [-0.3, -0.25) is 5.10 Å².